The van der Waals surface area contributed by atoms with Crippen molar-refractivity contribution in [3.8, 4) is 0 Å². The molecule has 1 aromatic rings. The number of aliphatic hydroxyl groups is 1. The first-order valence-corrected chi connectivity index (χ1v) is 14.5. The van der Waals surface area contributed by atoms with E-state index >= 15 is 4.79 Å². The molecule has 0 spiro atoms. The summed E-state index contributed by atoms with van der Waals surface area (Å²) < 4.78 is 34.4. The van der Waals surface area contributed by atoms with E-state index in [4.69, 9.17) is 28.4 Å². The minimum Gasteiger partial charge on any atom is -0.455 e. The number of rotatable bonds is 5. The number of carbonyl (C=O) groups is 5. The van der Waals surface area contributed by atoms with Gasteiger partial charge in [-0.2, -0.15) is 0 Å². The average molecular weight is 615 g/mol. The van der Waals surface area contributed by atoms with Gasteiger partial charge in [-0.15, -0.1) is 0 Å². The van der Waals surface area contributed by atoms with Crippen molar-refractivity contribution >= 4 is 29.7 Å². The van der Waals surface area contributed by atoms with Crippen LogP contribution in [0, 0.1) is 16.7 Å². The number of methoxy groups -OCH3 is 2. The number of hydrogen-bond acceptors (Lipinski definition) is 12. The van der Waals surface area contributed by atoms with E-state index in [1.807, 2.05) is 0 Å². The average Bonchev–Trinajstić information content (AvgIpc) is 2.97. The zero-order valence-corrected chi connectivity index (χ0v) is 25.8. The molecule has 1 saturated heterocycles. The fraction of sp³-hybridized carbons (Fsp3) is 0.594. The summed E-state index contributed by atoms with van der Waals surface area (Å²) in [5.74, 6) is -4.01. The summed E-state index contributed by atoms with van der Waals surface area (Å²) in [6, 6.07) is 8.03. The molecule has 0 unspecified atom stereocenters. The monoisotopic (exact) mass is 614 g/mol. The van der Waals surface area contributed by atoms with Gasteiger partial charge in [0.25, 0.3) is 0 Å². The Labute approximate surface area is 254 Å². The summed E-state index contributed by atoms with van der Waals surface area (Å²) >= 11 is 0. The van der Waals surface area contributed by atoms with Gasteiger partial charge in [0, 0.05) is 32.3 Å². The molecule has 0 radical (unpaired) electrons. The summed E-state index contributed by atoms with van der Waals surface area (Å²) in [7, 11) is 2.42. The van der Waals surface area contributed by atoms with E-state index in [1.54, 1.807) is 39.0 Å². The smallest absolute Gasteiger partial charge is 0.455 e. The Morgan fingerprint density at radius 1 is 1.02 bits per heavy atom. The third kappa shape index (κ3) is 4.33. The number of Topliss-reactive ketones (excluding diaryl/α,β-unsaturated/α-hetero) is 2. The molecular weight excluding hydrogens is 576 g/mol. The van der Waals surface area contributed by atoms with Crippen LogP contribution >= 0.6 is 0 Å². The standard InChI is InChI=1S/C32H38O12/c1-16-19(34)14-32(38)26(43-27(36)18-11-9-8-10-12-18)24-30(5,25(35)23(39-6)22(16)29(32,3)4)20(42-28(37)40-7)13-21-31(24,15-41-21)44-17(2)33/h8-12,20-21,23-24,26,38H,13-15H2,1-7H3/t20-,21+,23+,24-,26-,30+,31-,32+/m0/s1. The quantitative estimate of drug-likeness (QED) is 0.382. The van der Waals surface area contributed by atoms with E-state index < -0.39 is 88.4 Å². The molecule has 1 aliphatic heterocycles. The normalized spacial score (nSPS) is 37.3. The molecule has 1 heterocycles. The SMILES string of the molecule is COC(=O)O[C@H]1C[C@H]2OC[C@@]2(OC(C)=O)[C@H]2[C@H](OC(=O)c3ccccc3)[C@]3(O)CC(=O)C(C)=C([C@@H](OC)C(=O)[C@]12C)C3(C)C. The third-order valence-electron chi connectivity index (χ3n) is 10.4. The van der Waals surface area contributed by atoms with Gasteiger partial charge in [-0.25, -0.2) is 9.59 Å². The van der Waals surface area contributed by atoms with Crippen molar-refractivity contribution in [1.82, 2.24) is 0 Å². The van der Waals surface area contributed by atoms with Gasteiger partial charge >= 0.3 is 18.1 Å². The summed E-state index contributed by atoms with van der Waals surface area (Å²) in [6.45, 7) is 7.37. The fourth-order valence-corrected chi connectivity index (χ4v) is 7.98. The Balaban J connectivity index is 1.86. The van der Waals surface area contributed by atoms with E-state index in [1.165, 1.54) is 33.1 Å². The van der Waals surface area contributed by atoms with E-state index in [9.17, 15) is 24.3 Å². The van der Waals surface area contributed by atoms with Crippen molar-refractivity contribution in [1.29, 1.82) is 0 Å². The van der Waals surface area contributed by atoms with Crippen molar-refractivity contribution < 1.29 is 57.5 Å². The number of benzene rings is 1. The van der Waals surface area contributed by atoms with Crippen LogP contribution in [0.5, 0.6) is 0 Å². The lowest BCUT2D eigenvalue weighted by atomic mass is 9.44. The molecule has 3 aliphatic carbocycles. The van der Waals surface area contributed by atoms with Gasteiger partial charge in [0.1, 0.15) is 30.0 Å². The molecule has 12 heteroatoms. The highest BCUT2D eigenvalue weighted by atomic mass is 16.7. The van der Waals surface area contributed by atoms with Gasteiger partial charge in [0.15, 0.2) is 17.2 Å². The Hall–Kier alpha value is -3.61. The van der Waals surface area contributed by atoms with E-state index in [-0.39, 0.29) is 29.7 Å². The van der Waals surface area contributed by atoms with Crippen LogP contribution < -0.4 is 0 Å². The minimum absolute atomic E-state index is 0.0876. The highest BCUT2D eigenvalue weighted by Gasteiger charge is 2.78. The molecule has 8 atom stereocenters. The summed E-state index contributed by atoms with van der Waals surface area (Å²) in [4.78, 5) is 67.7. The third-order valence-corrected chi connectivity index (χ3v) is 10.4. The summed E-state index contributed by atoms with van der Waals surface area (Å²) in [5.41, 5.74) is -6.40. The molecule has 12 nitrogen and oxygen atoms in total. The largest absolute Gasteiger partial charge is 0.508 e. The number of esters is 2. The van der Waals surface area contributed by atoms with Gasteiger partial charge < -0.3 is 33.5 Å². The number of hydrogen-bond donors (Lipinski definition) is 1. The maximum absolute atomic E-state index is 15.0. The lowest BCUT2D eigenvalue weighted by Gasteiger charge is -2.67. The second-order valence-electron chi connectivity index (χ2n) is 12.8. The van der Waals surface area contributed by atoms with Crippen LogP contribution in [0.25, 0.3) is 0 Å². The zero-order valence-electron chi connectivity index (χ0n) is 25.8. The maximum atomic E-state index is 15.0. The molecule has 0 amide bonds. The van der Waals surface area contributed by atoms with Crippen molar-refractivity contribution in [3.05, 3.63) is 47.0 Å². The van der Waals surface area contributed by atoms with Crippen LogP contribution in [0.1, 0.15) is 57.8 Å². The molecule has 5 rings (SSSR count). The first kappa shape index (κ1) is 31.8. The summed E-state index contributed by atoms with van der Waals surface area (Å²) in [6.07, 6.45) is -6.87. The van der Waals surface area contributed by atoms with E-state index in [0.29, 0.717) is 0 Å². The first-order valence-electron chi connectivity index (χ1n) is 14.5. The number of allylic oxidation sites excluding steroid dienone is 1. The molecule has 1 N–H and O–H groups in total. The van der Waals surface area contributed by atoms with Gasteiger partial charge in [-0.3, -0.25) is 14.4 Å². The minimum atomic E-state index is -2.16. The fourth-order valence-electron chi connectivity index (χ4n) is 7.98. The Morgan fingerprint density at radius 3 is 2.23 bits per heavy atom. The number of ketones is 2. The number of fused-ring (bicyclic) bond motifs is 5. The lowest BCUT2D eigenvalue weighted by Crippen LogP contribution is -2.82. The predicted molar refractivity (Wildman–Crippen MR) is 150 cm³/mol. The molecule has 3 fully saturated rings. The van der Waals surface area contributed by atoms with Crippen molar-refractivity contribution in [3.63, 3.8) is 0 Å². The van der Waals surface area contributed by atoms with Crippen LogP contribution in [0.4, 0.5) is 4.79 Å². The second-order valence-corrected chi connectivity index (χ2v) is 12.8. The zero-order chi connectivity index (χ0) is 32.4. The molecular formula is C32H38O12. The highest BCUT2D eigenvalue weighted by Crippen LogP contribution is 2.64. The molecule has 2 bridgehead atoms. The molecule has 2 saturated carbocycles. The second kappa shape index (κ2) is 10.8. The molecule has 1 aromatic carbocycles. The Bertz CT molecular complexity index is 1430. The maximum Gasteiger partial charge on any atom is 0.508 e. The van der Waals surface area contributed by atoms with Crippen LogP contribution in [-0.2, 0) is 42.8 Å². The molecule has 4 aliphatic rings. The van der Waals surface area contributed by atoms with Gasteiger partial charge in [-0.05, 0) is 37.1 Å². The van der Waals surface area contributed by atoms with Crippen LogP contribution in [0.2, 0.25) is 0 Å². The van der Waals surface area contributed by atoms with E-state index in [2.05, 4.69) is 0 Å². The van der Waals surface area contributed by atoms with Gasteiger partial charge in [0.2, 0.25) is 0 Å². The van der Waals surface area contributed by atoms with Crippen molar-refractivity contribution in [2.75, 3.05) is 20.8 Å². The number of ether oxygens (including phenoxy) is 6. The molecule has 238 valence electrons. The van der Waals surface area contributed by atoms with Gasteiger partial charge in [0.05, 0.1) is 30.6 Å². The highest BCUT2D eigenvalue weighted by molar-refractivity contribution is 6.02. The molecule has 44 heavy (non-hydrogen) atoms. The predicted octanol–water partition coefficient (Wildman–Crippen LogP) is 2.73. The number of carbonyl (C=O) groups excluding carboxylic acids is 5. The van der Waals surface area contributed by atoms with Crippen molar-refractivity contribution in [2.45, 2.75) is 83.1 Å². The summed E-state index contributed by atoms with van der Waals surface area (Å²) in [5, 5.41) is 12.9. The topological polar surface area (TPSA) is 161 Å². The van der Waals surface area contributed by atoms with Crippen LogP contribution in [0.15, 0.2) is 41.5 Å². The lowest BCUT2D eigenvalue weighted by molar-refractivity contribution is -0.344. The van der Waals surface area contributed by atoms with Crippen LogP contribution in [0.3, 0.4) is 0 Å². The Kier molecular flexibility index (Phi) is 7.79. The Morgan fingerprint density at radius 2 is 1.68 bits per heavy atom. The molecule has 0 aromatic heterocycles. The van der Waals surface area contributed by atoms with Crippen molar-refractivity contribution in [2.24, 2.45) is 16.7 Å². The van der Waals surface area contributed by atoms with Crippen LogP contribution in [-0.4, -0.2) is 91.2 Å². The van der Waals surface area contributed by atoms with Gasteiger partial charge in [-0.1, -0.05) is 32.0 Å². The van der Waals surface area contributed by atoms with E-state index in [0.717, 1.165) is 7.11 Å². The first-order chi connectivity index (χ1) is 20.6.